The molecule has 7 nitrogen and oxygen atoms in total. The molecule has 0 spiro atoms. The van der Waals surface area contributed by atoms with E-state index in [-0.39, 0.29) is 11.9 Å². The van der Waals surface area contributed by atoms with Gasteiger partial charge in [-0.25, -0.2) is 14.6 Å². The third-order valence-electron chi connectivity index (χ3n) is 3.88. The number of hydrogen-bond donors (Lipinski definition) is 3. The molecule has 1 aromatic heterocycles. The highest BCUT2D eigenvalue weighted by Gasteiger charge is 2.24. The Kier molecular flexibility index (Phi) is 4.61. The van der Waals surface area contributed by atoms with E-state index in [1.165, 1.54) is 11.3 Å². The summed E-state index contributed by atoms with van der Waals surface area (Å²) >= 11 is 1.46. The summed E-state index contributed by atoms with van der Waals surface area (Å²) in [7, 11) is 0. The Morgan fingerprint density at radius 1 is 1.39 bits per heavy atom. The molecule has 23 heavy (non-hydrogen) atoms. The Morgan fingerprint density at radius 3 is 3.00 bits per heavy atom. The molecule has 8 heteroatoms. The van der Waals surface area contributed by atoms with Gasteiger partial charge in [-0.2, -0.15) is 0 Å². The van der Waals surface area contributed by atoms with E-state index in [0.29, 0.717) is 24.8 Å². The minimum Gasteiger partial charge on any atom is -0.352 e. The second-order valence-corrected chi connectivity index (χ2v) is 6.65. The Hall–Kier alpha value is -2.35. The van der Waals surface area contributed by atoms with Gasteiger partial charge in [0, 0.05) is 19.6 Å². The SMILES string of the molecule is NC(=O)NC[C@H]1CCCN(C(=O)Nc2nc3ccccc3s2)C1. The topological polar surface area (TPSA) is 100 Å². The predicted octanol–water partition coefficient (Wildman–Crippen LogP) is 2.21. The molecule has 3 rings (SSSR count). The molecule has 0 radical (unpaired) electrons. The predicted molar refractivity (Wildman–Crippen MR) is 90.5 cm³/mol. The highest BCUT2D eigenvalue weighted by molar-refractivity contribution is 7.22. The van der Waals surface area contributed by atoms with Crippen LogP contribution in [0.3, 0.4) is 0 Å². The van der Waals surface area contributed by atoms with Crippen molar-refractivity contribution in [2.75, 3.05) is 25.0 Å². The van der Waals surface area contributed by atoms with Gasteiger partial charge in [0.1, 0.15) is 0 Å². The Labute approximate surface area is 137 Å². The minimum absolute atomic E-state index is 0.146. The second-order valence-electron chi connectivity index (χ2n) is 5.62. The fourth-order valence-electron chi connectivity index (χ4n) is 2.76. The fourth-order valence-corrected chi connectivity index (χ4v) is 3.61. The lowest BCUT2D eigenvalue weighted by molar-refractivity contribution is 0.176. The summed E-state index contributed by atoms with van der Waals surface area (Å²) in [5.74, 6) is 0.234. The first-order valence-corrected chi connectivity index (χ1v) is 8.38. The average Bonchev–Trinajstić information content (AvgIpc) is 2.95. The molecule has 0 aliphatic carbocycles. The van der Waals surface area contributed by atoms with Crippen LogP contribution >= 0.6 is 11.3 Å². The number of fused-ring (bicyclic) bond motifs is 1. The van der Waals surface area contributed by atoms with Crippen molar-refractivity contribution in [3.8, 4) is 0 Å². The van der Waals surface area contributed by atoms with Gasteiger partial charge < -0.3 is 16.0 Å². The van der Waals surface area contributed by atoms with Crippen LogP contribution in [0, 0.1) is 5.92 Å². The minimum atomic E-state index is -0.527. The third-order valence-corrected chi connectivity index (χ3v) is 4.83. The van der Waals surface area contributed by atoms with Crippen molar-refractivity contribution in [2.45, 2.75) is 12.8 Å². The number of amides is 4. The van der Waals surface area contributed by atoms with Crippen LogP contribution in [0.25, 0.3) is 10.2 Å². The second kappa shape index (κ2) is 6.82. The van der Waals surface area contributed by atoms with Crippen molar-refractivity contribution in [3.05, 3.63) is 24.3 Å². The van der Waals surface area contributed by atoms with Crippen molar-refractivity contribution >= 4 is 38.7 Å². The van der Waals surface area contributed by atoms with Gasteiger partial charge in [-0.3, -0.25) is 5.32 Å². The molecule has 1 aromatic carbocycles. The lowest BCUT2D eigenvalue weighted by Gasteiger charge is -2.32. The Morgan fingerprint density at radius 2 is 2.22 bits per heavy atom. The van der Waals surface area contributed by atoms with Gasteiger partial charge in [-0.15, -0.1) is 0 Å². The van der Waals surface area contributed by atoms with Gasteiger partial charge in [-0.05, 0) is 30.9 Å². The van der Waals surface area contributed by atoms with Gasteiger partial charge in [0.25, 0.3) is 0 Å². The molecule has 1 aliphatic heterocycles. The highest BCUT2D eigenvalue weighted by atomic mass is 32.1. The number of thiazole rings is 1. The molecule has 4 N–H and O–H groups in total. The van der Waals surface area contributed by atoms with Crippen LogP contribution in [-0.4, -0.2) is 41.6 Å². The molecule has 2 aromatic rings. The summed E-state index contributed by atoms with van der Waals surface area (Å²) in [5, 5.41) is 6.09. The molecule has 1 saturated heterocycles. The van der Waals surface area contributed by atoms with Crippen LogP contribution in [0.15, 0.2) is 24.3 Å². The normalized spacial score (nSPS) is 17.9. The number of primary amides is 1. The maximum absolute atomic E-state index is 12.4. The number of nitrogens with one attached hydrogen (secondary N) is 2. The Balaban J connectivity index is 1.59. The lowest BCUT2D eigenvalue weighted by Crippen LogP contribution is -2.46. The third kappa shape index (κ3) is 3.89. The number of anilines is 1. The molecule has 0 bridgehead atoms. The first-order valence-electron chi connectivity index (χ1n) is 7.56. The van der Waals surface area contributed by atoms with Crippen molar-refractivity contribution in [2.24, 2.45) is 11.7 Å². The molecular weight excluding hydrogens is 314 g/mol. The van der Waals surface area contributed by atoms with E-state index in [0.717, 1.165) is 23.1 Å². The standard InChI is InChI=1S/C15H19N5O2S/c16-13(21)17-8-10-4-3-7-20(9-10)15(22)19-14-18-11-5-1-2-6-12(11)23-14/h1-2,5-6,10H,3-4,7-9H2,(H3,16,17,21)(H,18,19,22)/t10-/m1/s1. The van der Waals surface area contributed by atoms with Crippen molar-refractivity contribution in [3.63, 3.8) is 0 Å². The number of rotatable bonds is 3. The average molecular weight is 333 g/mol. The van der Waals surface area contributed by atoms with Crippen molar-refractivity contribution < 1.29 is 9.59 Å². The van der Waals surface area contributed by atoms with Gasteiger partial charge >= 0.3 is 12.1 Å². The number of para-hydroxylation sites is 1. The maximum Gasteiger partial charge on any atom is 0.323 e. The van der Waals surface area contributed by atoms with Crippen LogP contribution in [0.5, 0.6) is 0 Å². The van der Waals surface area contributed by atoms with E-state index < -0.39 is 6.03 Å². The summed E-state index contributed by atoms with van der Waals surface area (Å²) in [6.07, 6.45) is 1.89. The van der Waals surface area contributed by atoms with Crippen LogP contribution in [0.4, 0.5) is 14.7 Å². The number of carbonyl (C=O) groups excluding carboxylic acids is 2. The number of benzene rings is 1. The van der Waals surface area contributed by atoms with Crippen molar-refractivity contribution in [1.29, 1.82) is 0 Å². The van der Waals surface area contributed by atoms with Crippen LogP contribution in [-0.2, 0) is 0 Å². The van der Waals surface area contributed by atoms with E-state index in [4.69, 9.17) is 5.73 Å². The van der Waals surface area contributed by atoms with E-state index in [9.17, 15) is 9.59 Å². The summed E-state index contributed by atoms with van der Waals surface area (Å²) < 4.78 is 1.05. The maximum atomic E-state index is 12.4. The quantitative estimate of drug-likeness (QED) is 0.802. The number of hydrogen-bond acceptors (Lipinski definition) is 4. The number of urea groups is 2. The smallest absolute Gasteiger partial charge is 0.323 e. The van der Waals surface area contributed by atoms with E-state index in [1.54, 1.807) is 4.90 Å². The molecule has 1 atom stereocenters. The number of carbonyl (C=O) groups is 2. The zero-order valence-corrected chi connectivity index (χ0v) is 13.4. The first kappa shape index (κ1) is 15.5. The number of aromatic nitrogens is 1. The largest absolute Gasteiger partial charge is 0.352 e. The lowest BCUT2D eigenvalue weighted by atomic mass is 9.98. The fraction of sp³-hybridized carbons (Fsp3) is 0.400. The van der Waals surface area contributed by atoms with E-state index in [2.05, 4.69) is 15.6 Å². The summed E-state index contributed by atoms with van der Waals surface area (Å²) in [6.45, 7) is 1.82. The first-order chi connectivity index (χ1) is 11.1. The summed E-state index contributed by atoms with van der Waals surface area (Å²) in [6, 6.07) is 7.11. The molecular formula is C15H19N5O2S. The Bertz CT molecular complexity index is 684. The zero-order chi connectivity index (χ0) is 16.2. The number of nitrogens with two attached hydrogens (primary N) is 1. The molecule has 1 aliphatic rings. The van der Waals surface area contributed by atoms with Crippen LogP contribution in [0.2, 0.25) is 0 Å². The number of likely N-dealkylation sites (tertiary alicyclic amines) is 1. The molecule has 4 amide bonds. The molecule has 0 saturated carbocycles. The van der Waals surface area contributed by atoms with Gasteiger partial charge in [-0.1, -0.05) is 23.5 Å². The number of nitrogens with zero attached hydrogens (tertiary/aromatic N) is 2. The van der Waals surface area contributed by atoms with Crippen LogP contribution < -0.4 is 16.4 Å². The molecule has 0 unspecified atom stereocenters. The van der Waals surface area contributed by atoms with Gasteiger partial charge in [0.05, 0.1) is 10.2 Å². The highest BCUT2D eigenvalue weighted by Crippen LogP contribution is 2.26. The van der Waals surface area contributed by atoms with E-state index >= 15 is 0 Å². The summed E-state index contributed by atoms with van der Waals surface area (Å²) in [4.78, 5) is 29.4. The van der Waals surface area contributed by atoms with Crippen molar-refractivity contribution in [1.82, 2.24) is 15.2 Å². The number of piperidine rings is 1. The molecule has 2 heterocycles. The van der Waals surface area contributed by atoms with E-state index in [1.807, 2.05) is 24.3 Å². The van der Waals surface area contributed by atoms with Gasteiger partial charge in [0.2, 0.25) is 0 Å². The molecule has 1 fully saturated rings. The van der Waals surface area contributed by atoms with Gasteiger partial charge in [0.15, 0.2) is 5.13 Å². The summed E-state index contributed by atoms with van der Waals surface area (Å²) in [5.41, 5.74) is 5.98. The van der Waals surface area contributed by atoms with Crippen LogP contribution in [0.1, 0.15) is 12.8 Å². The monoisotopic (exact) mass is 333 g/mol. The zero-order valence-electron chi connectivity index (χ0n) is 12.6. The molecule has 122 valence electrons.